The molecule has 0 saturated heterocycles. The first kappa shape index (κ1) is 11.1. The predicted molar refractivity (Wildman–Crippen MR) is 65.4 cm³/mol. The van der Waals surface area contributed by atoms with E-state index in [2.05, 4.69) is 31.0 Å². The van der Waals surface area contributed by atoms with Crippen molar-refractivity contribution >= 4 is 11.6 Å². The van der Waals surface area contributed by atoms with E-state index in [0.717, 1.165) is 18.3 Å². The van der Waals surface area contributed by atoms with Gasteiger partial charge in [-0.05, 0) is 43.2 Å². The SMILES string of the molecule is CC(C)C1CCC(Cl)CC1c1ccc[nH]1. The van der Waals surface area contributed by atoms with Crippen LogP contribution >= 0.6 is 11.6 Å². The van der Waals surface area contributed by atoms with Crippen molar-refractivity contribution in [3.63, 3.8) is 0 Å². The third kappa shape index (κ3) is 2.39. The van der Waals surface area contributed by atoms with Crippen molar-refractivity contribution in [2.24, 2.45) is 11.8 Å². The predicted octanol–water partition coefficient (Wildman–Crippen LogP) is 4.16. The Kier molecular flexibility index (Phi) is 3.40. The molecule has 2 rings (SSSR count). The lowest BCUT2D eigenvalue weighted by atomic mass is 9.72. The molecule has 0 amide bonds. The highest BCUT2D eigenvalue weighted by Gasteiger charge is 2.32. The van der Waals surface area contributed by atoms with E-state index >= 15 is 0 Å². The fourth-order valence-corrected chi connectivity index (χ4v) is 3.19. The summed E-state index contributed by atoms with van der Waals surface area (Å²) in [7, 11) is 0. The maximum Gasteiger partial charge on any atom is 0.0342 e. The number of H-pyrrole nitrogens is 1. The first-order chi connectivity index (χ1) is 7.18. The monoisotopic (exact) mass is 225 g/mol. The number of rotatable bonds is 2. The molecular formula is C13H20ClN. The van der Waals surface area contributed by atoms with Crippen LogP contribution in [-0.4, -0.2) is 10.4 Å². The van der Waals surface area contributed by atoms with E-state index in [-0.39, 0.29) is 0 Å². The molecule has 0 radical (unpaired) electrons. The maximum atomic E-state index is 6.28. The largest absolute Gasteiger partial charge is 0.365 e. The topological polar surface area (TPSA) is 15.8 Å². The summed E-state index contributed by atoms with van der Waals surface area (Å²) < 4.78 is 0. The van der Waals surface area contributed by atoms with Crippen LogP contribution in [0.1, 0.15) is 44.7 Å². The molecule has 1 aromatic rings. The van der Waals surface area contributed by atoms with Crippen molar-refractivity contribution in [3.8, 4) is 0 Å². The number of alkyl halides is 1. The molecule has 3 unspecified atom stereocenters. The van der Waals surface area contributed by atoms with E-state index in [4.69, 9.17) is 11.6 Å². The Hall–Kier alpha value is -0.430. The fraction of sp³-hybridized carbons (Fsp3) is 0.692. The summed E-state index contributed by atoms with van der Waals surface area (Å²) in [6, 6.07) is 4.29. The summed E-state index contributed by atoms with van der Waals surface area (Å²) >= 11 is 6.28. The van der Waals surface area contributed by atoms with E-state index < -0.39 is 0 Å². The molecule has 0 bridgehead atoms. The van der Waals surface area contributed by atoms with Gasteiger partial charge in [0.15, 0.2) is 0 Å². The summed E-state index contributed by atoms with van der Waals surface area (Å²) in [5, 5.41) is 0.369. The van der Waals surface area contributed by atoms with Gasteiger partial charge in [0.05, 0.1) is 0 Å². The Labute approximate surface area is 97.2 Å². The Morgan fingerprint density at radius 2 is 2.20 bits per heavy atom. The van der Waals surface area contributed by atoms with Gasteiger partial charge in [-0.1, -0.05) is 13.8 Å². The number of hydrogen-bond donors (Lipinski definition) is 1. The van der Waals surface area contributed by atoms with E-state index in [1.54, 1.807) is 0 Å². The highest BCUT2D eigenvalue weighted by molar-refractivity contribution is 6.20. The van der Waals surface area contributed by atoms with Crippen molar-refractivity contribution in [2.45, 2.75) is 44.4 Å². The van der Waals surface area contributed by atoms with Crippen LogP contribution < -0.4 is 0 Å². The van der Waals surface area contributed by atoms with Crippen molar-refractivity contribution in [1.29, 1.82) is 0 Å². The minimum atomic E-state index is 0.369. The third-order valence-electron chi connectivity index (χ3n) is 3.72. The molecule has 84 valence electrons. The zero-order chi connectivity index (χ0) is 10.8. The zero-order valence-electron chi connectivity index (χ0n) is 9.54. The molecule has 2 heteroatoms. The number of aromatic amines is 1. The molecule has 1 N–H and O–H groups in total. The van der Waals surface area contributed by atoms with Crippen molar-refractivity contribution in [2.75, 3.05) is 0 Å². The number of aromatic nitrogens is 1. The van der Waals surface area contributed by atoms with Crippen molar-refractivity contribution in [1.82, 2.24) is 4.98 Å². The summed E-state index contributed by atoms with van der Waals surface area (Å²) in [5.74, 6) is 2.18. The number of hydrogen-bond acceptors (Lipinski definition) is 0. The molecule has 0 aromatic carbocycles. The average molecular weight is 226 g/mol. The molecule has 1 aliphatic rings. The first-order valence-corrected chi connectivity index (χ1v) is 6.39. The molecule has 1 heterocycles. The molecule has 1 aliphatic carbocycles. The summed E-state index contributed by atoms with van der Waals surface area (Å²) in [4.78, 5) is 3.35. The van der Waals surface area contributed by atoms with Gasteiger partial charge in [-0.15, -0.1) is 11.6 Å². The van der Waals surface area contributed by atoms with E-state index in [1.807, 2.05) is 6.20 Å². The van der Waals surface area contributed by atoms with Gasteiger partial charge >= 0.3 is 0 Å². The van der Waals surface area contributed by atoms with Crippen LogP contribution in [0, 0.1) is 11.8 Å². The molecule has 1 nitrogen and oxygen atoms in total. The molecule has 1 aromatic heterocycles. The second-order valence-electron chi connectivity index (χ2n) is 5.05. The minimum absolute atomic E-state index is 0.369. The van der Waals surface area contributed by atoms with Gasteiger partial charge in [0.1, 0.15) is 0 Å². The summed E-state index contributed by atoms with van der Waals surface area (Å²) in [6.45, 7) is 4.66. The van der Waals surface area contributed by atoms with E-state index in [9.17, 15) is 0 Å². The molecular weight excluding hydrogens is 206 g/mol. The van der Waals surface area contributed by atoms with Crippen molar-refractivity contribution < 1.29 is 0 Å². The van der Waals surface area contributed by atoms with Gasteiger partial charge in [0.2, 0.25) is 0 Å². The maximum absolute atomic E-state index is 6.28. The van der Waals surface area contributed by atoms with Gasteiger partial charge in [0.25, 0.3) is 0 Å². The third-order valence-corrected chi connectivity index (χ3v) is 4.11. The summed E-state index contributed by atoms with van der Waals surface area (Å²) in [6.07, 6.45) is 5.60. The molecule has 0 spiro atoms. The second-order valence-corrected chi connectivity index (χ2v) is 5.67. The Morgan fingerprint density at radius 3 is 2.80 bits per heavy atom. The Balaban J connectivity index is 2.17. The van der Waals surface area contributed by atoms with Crippen molar-refractivity contribution in [3.05, 3.63) is 24.0 Å². The van der Waals surface area contributed by atoms with Crippen LogP contribution in [0.5, 0.6) is 0 Å². The molecule has 15 heavy (non-hydrogen) atoms. The fourth-order valence-electron chi connectivity index (χ4n) is 2.87. The molecule has 3 atom stereocenters. The van der Waals surface area contributed by atoms with Gasteiger partial charge < -0.3 is 4.98 Å². The van der Waals surface area contributed by atoms with Gasteiger partial charge in [-0.25, -0.2) is 0 Å². The molecule has 1 saturated carbocycles. The molecule has 0 aliphatic heterocycles. The normalized spacial score (nSPS) is 32.1. The lowest BCUT2D eigenvalue weighted by Gasteiger charge is -2.36. The van der Waals surface area contributed by atoms with E-state index in [0.29, 0.717) is 11.3 Å². The number of halogens is 1. The van der Waals surface area contributed by atoms with E-state index in [1.165, 1.54) is 18.5 Å². The van der Waals surface area contributed by atoms with Gasteiger partial charge in [0, 0.05) is 23.2 Å². The minimum Gasteiger partial charge on any atom is -0.365 e. The standard InChI is InChI=1S/C13H20ClN/c1-9(2)11-6-5-10(14)8-12(11)13-4-3-7-15-13/h3-4,7,9-12,15H,5-6,8H2,1-2H3. The lowest BCUT2D eigenvalue weighted by molar-refractivity contribution is 0.238. The van der Waals surface area contributed by atoms with Crippen LogP contribution in [0.2, 0.25) is 0 Å². The first-order valence-electron chi connectivity index (χ1n) is 5.96. The number of nitrogens with one attached hydrogen (secondary N) is 1. The Morgan fingerprint density at radius 1 is 1.40 bits per heavy atom. The van der Waals surface area contributed by atoms with Crippen LogP contribution in [-0.2, 0) is 0 Å². The summed E-state index contributed by atoms with van der Waals surface area (Å²) in [5.41, 5.74) is 1.37. The van der Waals surface area contributed by atoms with Gasteiger partial charge in [-0.3, -0.25) is 0 Å². The van der Waals surface area contributed by atoms with Crippen LogP contribution in [0.3, 0.4) is 0 Å². The quantitative estimate of drug-likeness (QED) is 0.728. The Bertz CT molecular complexity index is 291. The van der Waals surface area contributed by atoms with Crippen LogP contribution in [0.4, 0.5) is 0 Å². The smallest absolute Gasteiger partial charge is 0.0342 e. The highest BCUT2D eigenvalue weighted by Crippen LogP contribution is 2.42. The second kappa shape index (κ2) is 4.61. The van der Waals surface area contributed by atoms with Crippen LogP contribution in [0.15, 0.2) is 18.3 Å². The van der Waals surface area contributed by atoms with Gasteiger partial charge in [-0.2, -0.15) is 0 Å². The average Bonchev–Trinajstić information content (AvgIpc) is 2.69. The zero-order valence-corrected chi connectivity index (χ0v) is 10.3. The lowest BCUT2D eigenvalue weighted by Crippen LogP contribution is -2.27. The van der Waals surface area contributed by atoms with Crippen LogP contribution in [0.25, 0.3) is 0 Å². The highest BCUT2D eigenvalue weighted by atomic mass is 35.5. The molecule has 1 fully saturated rings.